The number of anilines is 1. The lowest BCUT2D eigenvalue weighted by molar-refractivity contribution is -0.118. The van der Waals surface area contributed by atoms with Gasteiger partial charge in [0.1, 0.15) is 0 Å². The van der Waals surface area contributed by atoms with E-state index in [0.717, 1.165) is 5.56 Å². The molecule has 116 valence electrons. The van der Waals surface area contributed by atoms with E-state index in [1.165, 1.54) is 12.0 Å². The molecule has 0 spiro atoms. The molecule has 0 fully saturated rings. The first-order valence-electron chi connectivity index (χ1n) is 6.74. The average Bonchev–Trinajstić information content (AvgIpc) is 2.44. The summed E-state index contributed by atoms with van der Waals surface area (Å²) in [4.78, 5) is 25.3. The van der Waals surface area contributed by atoms with E-state index < -0.39 is 0 Å². The predicted octanol–water partition coefficient (Wildman–Crippen LogP) is 0.999. The van der Waals surface area contributed by atoms with Crippen molar-refractivity contribution >= 4 is 17.5 Å². The number of aryl methyl sites for hydroxylation is 1. The highest BCUT2D eigenvalue weighted by Gasteiger charge is 2.14. The minimum Gasteiger partial charge on any atom is -0.380 e. The van der Waals surface area contributed by atoms with Gasteiger partial charge in [0, 0.05) is 39.0 Å². The smallest absolute Gasteiger partial charge is 0.253 e. The summed E-state index contributed by atoms with van der Waals surface area (Å²) in [6.45, 7) is 2.13. The maximum atomic E-state index is 11.9. The van der Waals surface area contributed by atoms with Crippen LogP contribution in [0.25, 0.3) is 0 Å². The van der Waals surface area contributed by atoms with Gasteiger partial charge in [-0.15, -0.1) is 0 Å². The Kier molecular flexibility index (Phi) is 6.33. The summed E-state index contributed by atoms with van der Waals surface area (Å²) in [6, 6.07) is 5.20. The summed E-state index contributed by atoms with van der Waals surface area (Å²) in [6.07, 6.45) is -0.0922. The number of ether oxygens (including phenoxy) is 1. The number of hydrogen-bond acceptors (Lipinski definition) is 4. The van der Waals surface area contributed by atoms with Crippen molar-refractivity contribution in [2.24, 2.45) is 5.73 Å². The molecule has 0 aliphatic carbocycles. The van der Waals surface area contributed by atoms with Crippen molar-refractivity contribution in [1.82, 2.24) is 4.90 Å². The van der Waals surface area contributed by atoms with Crippen LogP contribution in [-0.4, -0.2) is 50.6 Å². The van der Waals surface area contributed by atoms with Gasteiger partial charge in [0.2, 0.25) is 5.91 Å². The van der Waals surface area contributed by atoms with Crippen LogP contribution in [0.15, 0.2) is 18.2 Å². The predicted molar refractivity (Wildman–Crippen MR) is 82.3 cm³/mol. The molecule has 0 saturated carbocycles. The molecule has 0 aliphatic heterocycles. The number of nitrogens with one attached hydrogen (secondary N) is 1. The van der Waals surface area contributed by atoms with Gasteiger partial charge in [-0.1, -0.05) is 0 Å². The van der Waals surface area contributed by atoms with Crippen LogP contribution in [0.3, 0.4) is 0 Å². The molecule has 6 heteroatoms. The standard InChI is InChI=1S/C15H23N3O3/c1-10-7-11(5-6-13(10)15(20)18(2)3)17-14(19)8-12(9-16)21-4/h5-7,12H,8-9,16H2,1-4H3,(H,17,19). The van der Waals surface area contributed by atoms with Crippen LogP contribution < -0.4 is 11.1 Å². The molecule has 2 amide bonds. The van der Waals surface area contributed by atoms with E-state index in [-0.39, 0.29) is 24.3 Å². The monoisotopic (exact) mass is 293 g/mol. The van der Waals surface area contributed by atoms with Crippen molar-refractivity contribution in [3.8, 4) is 0 Å². The molecule has 1 unspecified atom stereocenters. The first kappa shape index (κ1) is 17.1. The molecule has 0 saturated heterocycles. The highest BCUT2D eigenvalue weighted by molar-refractivity contribution is 5.97. The molecular weight excluding hydrogens is 270 g/mol. The first-order chi connectivity index (χ1) is 9.88. The number of nitrogens with two attached hydrogens (primary N) is 1. The first-order valence-corrected chi connectivity index (χ1v) is 6.74. The molecule has 1 aromatic carbocycles. The fourth-order valence-corrected chi connectivity index (χ4v) is 1.90. The van der Waals surface area contributed by atoms with Crippen LogP contribution in [0, 0.1) is 6.92 Å². The average molecular weight is 293 g/mol. The fraction of sp³-hybridized carbons (Fsp3) is 0.467. The Morgan fingerprint density at radius 1 is 1.38 bits per heavy atom. The molecule has 0 aromatic heterocycles. The summed E-state index contributed by atoms with van der Waals surface area (Å²) in [5.74, 6) is -0.230. The van der Waals surface area contributed by atoms with E-state index in [4.69, 9.17) is 10.5 Å². The van der Waals surface area contributed by atoms with E-state index in [1.54, 1.807) is 32.3 Å². The molecule has 0 bridgehead atoms. The Morgan fingerprint density at radius 3 is 2.52 bits per heavy atom. The molecular formula is C15H23N3O3. The second-order valence-electron chi connectivity index (χ2n) is 5.07. The van der Waals surface area contributed by atoms with Crippen LogP contribution in [0.2, 0.25) is 0 Å². The summed E-state index contributed by atoms with van der Waals surface area (Å²) in [5, 5.41) is 2.78. The van der Waals surface area contributed by atoms with Crippen molar-refractivity contribution in [2.75, 3.05) is 33.1 Å². The fourth-order valence-electron chi connectivity index (χ4n) is 1.90. The minimum absolute atomic E-state index is 0.0621. The lowest BCUT2D eigenvalue weighted by Gasteiger charge is -2.15. The molecule has 1 aromatic rings. The van der Waals surface area contributed by atoms with Gasteiger partial charge in [0.05, 0.1) is 12.5 Å². The second-order valence-corrected chi connectivity index (χ2v) is 5.07. The van der Waals surface area contributed by atoms with Crippen LogP contribution in [0.1, 0.15) is 22.3 Å². The number of hydrogen-bond donors (Lipinski definition) is 2. The number of benzene rings is 1. The Hall–Kier alpha value is -1.92. The Morgan fingerprint density at radius 2 is 2.05 bits per heavy atom. The van der Waals surface area contributed by atoms with E-state index in [0.29, 0.717) is 17.8 Å². The van der Waals surface area contributed by atoms with Crippen molar-refractivity contribution in [3.63, 3.8) is 0 Å². The number of nitrogens with zero attached hydrogens (tertiary/aromatic N) is 1. The molecule has 3 N–H and O–H groups in total. The van der Waals surface area contributed by atoms with Gasteiger partial charge in [-0.3, -0.25) is 9.59 Å². The van der Waals surface area contributed by atoms with Crippen LogP contribution in [0.4, 0.5) is 5.69 Å². The maximum Gasteiger partial charge on any atom is 0.253 e. The quantitative estimate of drug-likeness (QED) is 0.819. The molecule has 21 heavy (non-hydrogen) atoms. The third-order valence-corrected chi connectivity index (χ3v) is 3.16. The van der Waals surface area contributed by atoms with Crippen molar-refractivity contribution < 1.29 is 14.3 Å². The molecule has 1 atom stereocenters. The van der Waals surface area contributed by atoms with Crippen molar-refractivity contribution in [3.05, 3.63) is 29.3 Å². The summed E-state index contributed by atoms with van der Waals surface area (Å²) in [7, 11) is 4.93. The van der Waals surface area contributed by atoms with Gasteiger partial charge in [0.15, 0.2) is 0 Å². The highest BCUT2D eigenvalue weighted by atomic mass is 16.5. The zero-order valence-electron chi connectivity index (χ0n) is 13.0. The third kappa shape index (κ3) is 4.84. The SMILES string of the molecule is COC(CN)CC(=O)Nc1ccc(C(=O)N(C)C)c(C)c1. The largest absolute Gasteiger partial charge is 0.380 e. The lowest BCUT2D eigenvalue weighted by atomic mass is 10.1. The molecule has 0 heterocycles. The van der Waals surface area contributed by atoms with Gasteiger partial charge in [-0.2, -0.15) is 0 Å². The Balaban J connectivity index is 2.76. The highest BCUT2D eigenvalue weighted by Crippen LogP contribution is 2.17. The molecule has 1 rings (SSSR count). The van der Waals surface area contributed by atoms with Gasteiger partial charge in [-0.05, 0) is 30.7 Å². The Labute approximate surface area is 125 Å². The van der Waals surface area contributed by atoms with E-state index >= 15 is 0 Å². The van der Waals surface area contributed by atoms with Crippen LogP contribution >= 0.6 is 0 Å². The summed E-state index contributed by atoms with van der Waals surface area (Å²) in [5.41, 5.74) is 7.57. The van der Waals surface area contributed by atoms with Gasteiger partial charge < -0.3 is 20.7 Å². The molecule has 0 radical (unpaired) electrons. The second kappa shape index (κ2) is 7.75. The van der Waals surface area contributed by atoms with Crippen LogP contribution in [-0.2, 0) is 9.53 Å². The zero-order valence-corrected chi connectivity index (χ0v) is 13.0. The van der Waals surface area contributed by atoms with Gasteiger partial charge in [-0.25, -0.2) is 0 Å². The van der Waals surface area contributed by atoms with Crippen LogP contribution in [0.5, 0.6) is 0 Å². The number of carbonyl (C=O) groups excluding carboxylic acids is 2. The molecule has 0 aliphatic rings. The third-order valence-electron chi connectivity index (χ3n) is 3.16. The number of amides is 2. The van der Waals surface area contributed by atoms with E-state index in [2.05, 4.69) is 5.32 Å². The summed E-state index contributed by atoms with van der Waals surface area (Å²) >= 11 is 0. The zero-order chi connectivity index (χ0) is 16.0. The molecule has 6 nitrogen and oxygen atoms in total. The van der Waals surface area contributed by atoms with Gasteiger partial charge >= 0.3 is 0 Å². The summed E-state index contributed by atoms with van der Waals surface area (Å²) < 4.78 is 5.07. The number of methoxy groups -OCH3 is 1. The Bertz CT molecular complexity index is 511. The topological polar surface area (TPSA) is 84.7 Å². The van der Waals surface area contributed by atoms with Crippen molar-refractivity contribution in [1.29, 1.82) is 0 Å². The maximum absolute atomic E-state index is 11.9. The van der Waals surface area contributed by atoms with E-state index in [1.807, 2.05) is 6.92 Å². The normalized spacial score (nSPS) is 11.9. The number of carbonyl (C=O) groups is 2. The van der Waals surface area contributed by atoms with Crippen molar-refractivity contribution in [2.45, 2.75) is 19.4 Å². The number of rotatable bonds is 6. The minimum atomic E-state index is -0.291. The van der Waals surface area contributed by atoms with E-state index in [9.17, 15) is 9.59 Å². The van der Waals surface area contributed by atoms with Gasteiger partial charge in [0.25, 0.3) is 5.91 Å². The lowest BCUT2D eigenvalue weighted by Crippen LogP contribution is -2.28.